The fourth-order valence-corrected chi connectivity index (χ4v) is 5.08. The molecule has 1 heterocycles. The van der Waals surface area contributed by atoms with Crippen molar-refractivity contribution >= 4 is 11.9 Å². The number of nitrogens with zero attached hydrogens (tertiary/aromatic N) is 1. The number of anilines is 1. The molecule has 0 aromatic carbocycles. The summed E-state index contributed by atoms with van der Waals surface area (Å²) in [4.78, 5) is 16.9. The Labute approximate surface area is 118 Å². The Morgan fingerprint density at radius 2 is 1.90 bits per heavy atom. The largest absolute Gasteiger partial charge is 0.432 e. The predicted molar refractivity (Wildman–Crippen MR) is 73.6 cm³/mol. The van der Waals surface area contributed by atoms with Gasteiger partial charge in [0.05, 0.1) is 11.1 Å². The minimum absolute atomic E-state index is 0.113. The molecule has 1 aromatic heterocycles. The zero-order chi connectivity index (χ0) is 13.7. The van der Waals surface area contributed by atoms with E-state index in [2.05, 4.69) is 10.3 Å². The van der Waals surface area contributed by atoms with Crippen LogP contribution in [0.3, 0.4) is 0 Å². The van der Waals surface area contributed by atoms with E-state index >= 15 is 0 Å². The molecule has 4 fully saturated rings. The number of amides is 1. The summed E-state index contributed by atoms with van der Waals surface area (Å²) in [7, 11) is 0. The minimum atomic E-state index is -0.161. The first-order valence-electron chi connectivity index (χ1n) is 7.63. The van der Waals surface area contributed by atoms with Crippen LogP contribution in [0.15, 0.2) is 10.7 Å². The van der Waals surface area contributed by atoms with Gasteiger partial charge in [0, 0.05) is 6.54 Å². The van der Waals surface area contributed by atoms with Gasteiger partial charge in [0.1, 0.15) is 6.26 Å². The molecule has 1 aromatic rings. The maximum absolute atomic E-state index is 12.7. The maximum Gasteiger partial charge on any atom is 0.301 e. The molecule has 4 saturated carbocycles. The van der Waals surface area contributed by atoms with E-state index in [9.17, 15) is 4.79 Å². The number of oxazole rings is 1. The highest BCUT2D eigenvalue weighted by atomic mass is 16.4. The molecule has 4 aliphatic rings. The fraction of sp³-hybridized carbons (Fsp3) is 0.733. The molecular formula is C15H21N3O2. The number of carbonyl (C=O) groups is 1. The zero-order valence-corrected chi connectivity index (χ0v) is 11.6. The van der Waals surface area contributed by atoms with E-state index in [1.807, 2.05) is 0 Å². The van der Waals surface area contributed by atoms with Gasteiger partial charge in [-0.25, -0.2) is 0 Å². The molecule has 0 radical (unpaired) electrons. The van der Waals surface area contributed by atoms with Crippen LogP contribution in [-0.4, -0.2) is 10.9 Å². The van der Waals surface area contributed by atoms with Crippen LogP contribution in [-0.2, 0) is 11.3 Å². The Bertz CT molecular complexity index is 502. The first-order chi connectivity index (χ1) is 9.67. The Balaban J connectivity index is 1.53. The summed E-state index contributed by atoms with van der Waals surface area (Å²) in [6, 6.07) is 0.297. The predicted octanol–water partition coefficient (Wildman–Crippen LogP) is 2.29. The highest BCUT2D eigenvalue weighted by molar-refractivity contribution is 5.94. The molecule has 0 atom stereocenters. The van der Waals surface area contributed by atoms with E-state index in [-0.39, 0.29) is 11.3 Å². The lowest BCUT2D eigenvalue weighted by atomic mass is 9.49. The van der Waals surface area contributed by atoms with Crippen LogP contribution >= 0.6 is 0 Å². The van der Waals surface area contributed by atoms with E-state index < -0.39 is 0 Å². The number of carbonyl (C=O) groups excluding carboxylic acids is 1. The molecule has 1 amide bonds. The highest BCUT2D eigenvalue weighted by Gasteiger charge is 2.54. The molecule has 0 spiro atoms. The van der Waals surface area contributed by atoms with Crippen LogP contribution in [0.25, 0.3) is 0 Å². The second kappa shape index (κ2) is 4.32. The highest BCUT2D eigenvalue weighted by Crippen LogP contribution is 2.60. The lowest BCUT2D eigenvalue weighted by molar-refractivity contribution is -0.140. The molecule has 4 aliphatic carbocycles. The van der Waals surface area contributed by atoms with Gasteiger partial charge in [-0.3, -0.25) is 10.1 Å². The van der Waals surface area contributed by atoms with Gasteiger partial charge in [-0.2, -0.15) is 4.98 Å². The standard InChI is InChI=1S/C15H21N3O2/c16-7-12-8-20-14(17-12)18-13(19)15-4-9-1-10(5-15)3-11(2-9)6-15/h8-11H,1-7,16H2,(H,17,18,19). The average Bonchev–Trinajstić information content (AvgIpc) is 2.85. The Hall–Kier alpha value is -1.36. The van der Waals surface area contributed by atoms with Gasteiger partial charge in [0.25, 0.3) is 0 Å². The van der Waals surface area contributed by atoms with Crippen molar-refractivity contribution in [1.29, 1.82) is 0 Å². The van der Waals surface area contributed by atoms with E-state index in [1.165, 1.54) is 25.5 Å². The molecule has 4 bridgehead atoms. The van der Waals surface area contributed by atoms with Crippen LogP contribution in [0.4, 0.5) is 6.01 Å². The summed E-state index contributed by atoms with van der Waals surface area (Å²) in [5.74, 6) is 2.39. The quantitative estimate of drug-likeness (QED) is 0.886. The number of hydrogen-bond acceptors (Lipinski definition) is 4. The third-order valence-electron chi connectivity index (χ3n) is 5.50. The van der Waals surface area contributed by atoms with Gasteiger partial charge < -0.3 is 10.2 Å². The molecule has 108 valence electrons. The Morgan fingerprint density at radius 3 is 2.40 bits per heavy atom. The molecule has 3 N–H and O–H groups in total. The second-order valence-corrected chi connectivity index (χ2v) is 7.00. The van der Waals surface area contributed by atoms with Gasteiger partial charge in [-0.05, 0) is 56.3 Å². The van der Waals surface area contributed by atoms with E-state index in [4.69, 9.17) is 10.2 Å². The van der Waals surface area contributed by atoms with Crippen molar-refractivity contribution in [1.82, 2.24) is 4.98 Å². The SMILES string of the molecule is NCc1coc(NC(=O)C23CC4CC(CC(C4)C2)C3)n1. The van der Waals surface area contributed by atoms with E-state index in [0.29, 0.717) is 18.3 Å². The van der Waals surface area contributed by atoms with Crippen molar-refractivity contribution in [2.75, 3.05) is 5.32 Å². The second-order valence-electron chi connectivity index (χ2n) is 7.00. The summed E-state index contributed by atoms with van der Waals surface area (Å²) >= 11 is 0. The number of rotatable bonds is 3. The van der Waals surface area contributed by atoms with Gasteiger partial charge in [0.2, 0.25) is 5.91 Å². The van der Waals surface area contributed by atoms with Gasteiger partial charge >= 0.3 is 6.01 Å². The monoisotopic (exact) mass is 275 g/mol. The van der Waals surface area contributed by atoms with Crippen molar-refractivity contribution < 1.29 is 9.21 Å². The lowest BCUT2D eigenvalue weighted by Gasteiger charge is -2.55. The molecule has 5 rings (SSSR count). The van der Waals surface area contributed by atoms with Crippen molar-refractivity contribution in [3.8, 4) is 0 Å². The normalized spacial score (nSPS) is 38.1. The summed E-state index contributed by atoms with van der Waals surface area (Å²) in [6.45, 7) is 0.330. The molecular weight excluding hydrogens is 254 g/mol. The number of aromatic nitrogens is 1. The van der Waals surface area contributed by atoms with Crippen LogP contribution in [0, 0.1) is 23.2 Å². The number of hydrogen-bond donors (Lipinski definition) is 2. The van der Waals surface area contributed by atoms with Crippen molar-refractivity contribution in [3.05, 3.63) is 12.0 Å². The third kappa shape index (κ3) is 1.87. The first-order valence-corrected chi connectivity index (χ1v) is 7.63. The summed E-state index contributed by atoms with van der Waals surface area (Å²) in [5.41, 5.74) is 6.02. The van der Waals surface area contributed by atoms with Gasteiger partial charge in [-0.1, -0.05) is 0 Å². The molecule has 0 saturated heterocycles. The average molecular weight is 275 g/mol. The van der Waals surface area contributed by atoms with Crippen LogP contribution in [0.2, 0.25) is 0 Å². The van der Waals surface area contributed by atoms with Crippen LogP contribution < -0.4 is 11.1 Å². The van der Waals surface area contributed by atoms with E-state index in [0.717, 1.165) is 37.0 Å². The van der Waals surface area contributed by atoms with Crippen molar-refractivity contribution in [2.45, 2.75) is 45.1 Å². The summed E-state index contributed by atoms with van der Waals surface area (Å²) in [6.07, 6.45) is 8.67. The maximum atomic E-state index is 12.7. The van der Waals surface area contributed by atoms with Crippen molar-refractivity contribution in [2.24, 2.45) is 28.9 Å². The van der Waals surface area contributed by atoms with E-state index in [1.54, 1.807) is 0 Å². The zero-order valence-electron chi connectivity index (χ0n) is 11.6. The molecule has 20 heavy (non-hydrogen) atoms. The molecule has 0 unspecified atom stereocenters. The summed E-state index contributed by atoms with van der Waals surface area (Å²) < 4.78 is 5.27. The van der Waals surface area contributed by atoms with Crippen LogP contribution in [0.1, 0.15) is 44.2 Å². The molecule has 5 heteroatoms. The smallest absolute Gasteiger partial charge is 0.301 e. The number of nitrogens with one attached hydrogen (secondary N) is 1. The molecule has 0 aliphatic heterocycles. The van der Waals surface area contributed by atoms with Gasteiger partial charge in [-0.15, -0.1) is 0 Å². The van der Waals surface area contributed by atoms with Crippen LogP contribution in [0.5, 0.6) is 0 Å². The third-order valence-corrected chi connectivity index (χ3v) is 5.50. The Kier molecular flexibility index (Phi) is 2.67. The van der Waals surface area contributed by atoms with Gasteiger partial charge in [0.15, 0.2) is 0 Å². The lowest BCUT2D eigenvalue weighted by Crippen LogP contribution is -2.51. The fourth-order valence-electron chi connectivity index (χ4n) is 5.08. The summed E-state index contributed by atoms with van der Waals surface area (Å²) in [5, 5.41) is 2.88. The first kappa shape index (κ1) is 12.4. The minimum Gasteiger partial charge on any atom is -0.432 e. The topological polar surface area (TPSA) is 81.1 Å². The number of nitrogens with two attached hydrogens (primary N) is 1. The van der Waals surface area contributed by atoms with Crippen molar-refractivity contribution in [3.63, 3.8) is 0 Å². The Morgan fingerprint density at radius 1 is 1.30 bits per heavy atom. The molecule has 5 nitrogen and oxygen atoms in total.